The molecular formula is C37H72F2O2. The van der Waals surface area contributed by atoms with E-state index in [1.54, 1.807) is 0 Å². The number of carbonyl (C=O) groups is 1. The van der Waals surface area contributed by atoms with Gasteiger partial charge in [-0.25, -0.2) is 4.79 Å². The Morgan fingerprint density at radius 2 is 0.878 bits per heavy atom. The first-order chi connectivity index (χ1) is 19.6. The molecule has 0 aromatic rings. The average molecular weight is 587 g/mol. The van der Waals surface area contributed by atoms with E-state index in [0.29, 0.717) is 12.3 Å². The molecule has 0 aromatic heterocycles. The van der Waals surface area contributed by atoms with Crippen LogP contribution >= 0.6 is 0 Å². The van der Waals surface area contributed by atoms with Crippen molar-refractivity contribution in [3.8, 4) is 0 Å². The zero-order valence-corrected chi connectivity index (χ0v) is 28.6. The number of rotatable bonds is 29. The monoisotopic (exact) mass is 587 g/mol. The third-order valence-electron chi connectivity index (χ3n) is 9.01. The summed E-state index contributed by atoms with van der Waals surface area (Å²) in [4.78, 5) is 12.6. The predicted molar refractivity (Wildman–Crippen MR) is 175 cm³/mol. The van der Waals surface area contributed by atoms with Crippen LogP contribution in [0.1, 0.15) is 208 Å². The maximum atomic E-state index is 14.9. The van der Waals surface area contributed by atoms with E-state index in [9.17, 15) is 13.6 Å². The van der Waals surface area contributed by atoms with Gasteiger partial charge in [0.15, 0.2) is 0 Å². The van der Waals surface area contributed by atoms with Gasteiger partial charge >= 0.3 is 11.9 Å². The molecule has 0 amide bonds. The molecule has 0 saturated heterocycles. The molecule has 0 fully saturated rings. The first-order valence-electron chi connectivity index (χ1n) is 18.2. The Labute approximate surface area is 255 Å². The topological polar surface area (TPSA) is 26.3 Å². The minimum absolute atomic E-state index is 0.184. The molecule has 0 aliphatic rings. The van der Waals surface area contributed by atoms with Crippen LogP contribution in [0.3, 0.4) is 0 Å². The van der Waals surface area contributed by atoms with Gasteiger partial charge in [-0.3, -0.25) is 0 Å². The highest BCUT2D eigenvalue weighted by molar-refractivity contribution is 5.77. The summed E-state index contributed by atoms with van der Waals surface area (Å²) in [6.45, 7) is 13.5. The molecule has 0 aliphatic heterocycles. The molecule has 0 bridgehead atoms. The van der Waals surface area contributed by atoms with Crippen LogP contribution in [0, 0.1) is 11.3 Å². The van der Waals surface area contributed by atoms with E-state index in [2.05, 4.69) is 41.5 Å². The van der Waals surface area contributed by atoms with Crippen molar-refractivity contribution in [2.45, 2.75) is 221 Å². The third kappa shape index (κ3) is 23.5. The van der Waals surface area contributed by atoms with Crippen molar-refractivity contribution in [1.82, 2.24) is 0 Å². The first-order valence-corrected chi connectivity index (χ1v) is 18.2. The second kappa shape index (κ2) is 25.8. The third-order valence-corrected chi connectivity index (χ3v) is 9.01. The molecule has 2 nitrogen and oxygen atoms in total. The Morgan fingerprint density at radius 3 is 1.27 bits per heavy atom. The van der Waals surface area contributed by atoms with Gasteiger partial charge in [0.1, 0.15) is 6.10 Å². The summed E-state index contributed by atoms with van der Waals surface area (Å²) >= 11 is 0. The van der Waals surface area contributed by atoms with Gasteiger partial charge in [-0.1, -0.05) is 157 Å². The summed E-state index contributed by atoms with van der Waals surface area (Å²) < 4.78 is 35.3. The highest BCUT2D eigenvalue weighted by Crippen LogP contribution is 2.35. The predicted octanol–water partition coefficient (Wildman–Crippen LogP) is 13.4. The van der Waals surface area contributed by atoms with Gasteiger partial charge in [0.25, 0.3) is 0 Å². The van der Waals surface area contributed by atoms with E-state index in [-0.39, 0.29) is 17.9 Å². The molecule has 0 spiro atoms. The fourth-order valence-electron chi connectivity index (χ4n) is 6.00. The molecule has 0 N–H and O–H groups in total. The van der Waals surface area contributed by atoms with Crippen LogP contribution in [0.25, 0.3) is 0 Å². The molecule has 0 rings (SSSR count). The Morgan fingerprint density at radius 1 is 0.537 bits per heavy atom. The Balaban J connectivity index is 4.61. The van der Waals surface area contributed by atoms with Crippen molar-refractivity contribution < 1.29 is 18.3 Å². The van der Waals surface area contributed by atoms with Gasteiger partial charge in [0.2, 0.25) is 0 Å². The SMILES string of the molecule is CCCCCCCCCC(CCCCC(F)(F)C(=O)OC(CCCCCCCC)CCCCCCCC)C(C)(C)C. The number of halogens is 2. The molecular weight excluding hydrogens is 514 g/mol. The fourth-order valence-corrected chi connectivity index (χ4v) is 6.00. The quantitative estimate of drug-likeness (QED) is 0.0643. The molecule has 41 heavy (non-hydrogen) atoms. The number of unbranched alkanes of at least 4 members (excludes halogenated alkanes) is 17. The van der Waals surface area contributed by atoms with E-state index >= 15 is 0 Å². The zero-order chi connectivity index (χ0) is 30.8. The smallest absolute Gasteiger partial charge is 0.377 e. The van der Waals surface area contributed by atoms with Crippen LogP contribution in [-0.2, 0) is 9.53 Å². The summed E-state index contributed by atoms with van der Waals surface area (Å²) in [5, 5.41) is 0. The zero-order valence-electron chi connectivity index (χ0n) is 28.6. The van der Waals surface area contributed by atoms with Gasteiger partial charge in [-0.2, -0.15) is 8.78 Å². The lowest BCUT2D eigenvalue weighted by Crippen LogP contribution is -2.34. The summed E-state index contributed by atoms with van der Waals surface area (Å²) in [5.74, 6) is -4.12. The molecule has 0 radical (unpaired) electrons. The van der Waals surface area contributed by atoms with E-state index in [4.69, 9.17) is 4.74 Å². The number of ether oxygens (including phenoxy) is 1. The van der Waals surface area contributed by atoms with Gasteiger partial charge in [-0.15, -0.1) is 0 Å². The molecule has 4 heteroatoms. The van der Waals surface area contributed by atoms with E-state index in [1.807, 2.05) is 0 Å². The highest BCUT2D eigenvalue weighted by atomic mass is 19.3. The minimum atomic E-state index is -3.38. The van der Waals surface area contributed by atoms with Crippen LogP contribution in [0.2, 0.25) is 0 Å². The van der Waals surface area contributed by atoms with Gasteiger partial charge in [-0.05, 0) is 56.3 Å². The number of carbonyl (C=O) groups excluding carboxylic acids is 1. The molecule has 246 valence electrons. The largest absolute Gasteiger partial charge is 0.458 e. The van der Waals surface area contributed by atoms with Crippen LogP contribution in [0.15, 0.2) is 0 Å². The van der Waals surface area contributed by atoms with Crippen molar-refractivity contribution >= 4 is 5.97 Å². The molecule has 0 heterocycles. The van der Waals surface area contributed by atoms with Crippen LogP contribution in [-0.4, -0.2) is 18.0 Å². The number of hydrogen-bond donors (Lipinski definition) is 0. The van der Waals surface area contributed by atoms with Gasteiger partial charge < -0.3 is 4.74 Å². The highest BCUT2D eigenvalue weighted by Gasteiger charge is 2.41. The number of alkyl halides is 2. The maximum absolute atomic E-state index is 14.9. The standard InChI is InChI=1S/C37H72F2O2/c1-7-10-13-16-19-20-23-28-33(36(4,5)6)29-26-27-32-37(38,39)35(40)41-34(30-24-21-17-14-11-8-2)31-25-22-18-15-12-9-3/h33-34H,7-32H2,1-6H3. The van der Waals surface area contributed by atoms with Gasteiger partial charge in [0, 0.05) is 6.42 Å². The Bertz CT molecular complexity index is 568. The van der Waals surface area contributed by atoms with Crippen LogP contribution < -0.4 is 0 Å². The number of hydrogen-bond acceptors (Lipinski definition) is 2. The van der Waals surface area contributed by atoms with E-state index in [1.165, 1.54) is 103 Å². The normalized spacial score (nSPS) is 13.2. The van der Waals surface area contributed by atoms with E-state index in [0.717, 1.165) is 51.4 Å². The average Bonchev–Trinajstić information content (AvgIpc) is 2.92. The van der Waals surface area contributed by atoms with Gasteiger partial charge in [0.05, 0.1) is 0 Å². The van der Waals surface area contributed by atoms with E-state index < -0.39 is 11.9 Å². The fraction of sp³-hybridized carbons (Fsp3) is 0.973. The molecule has 0 saturated carbocycles. The molecule has 1 atom stereocenters. The Kier molecular flexibility index (Phi) is 25.4. The summed E-state index contributed by atoms with van der Waals surface area (Å²) in [7, 11) is 0. The molecule has 1 unspecified atom stereocenters. The van der Waals surface area contributed by atoms with Crippen LogP contribution in [0.4, 0.5) is 8.78 Å². The van der Waals surface area contributed by atoms with Crippen LogP contribution in [0.5, 0.6) is 0 Å². The summed E-state index contributed by atoms with van der Waals surface area (Å²) in [6, 6.07) is 0. The Hall–Kier alpha value is -0.670. The minimum Gasteiger partial charge on any atom is -0.458 e. The first kappa shape index (κ1) is 40.3. The van der Waals surface area contributed by atoms with Crippen molar-refractivity contribution in [3.05, 3.63) is 0 Å². The van der Waals surface area contributed by atoms with Crippen molar-refractivity contribution in [3.63, 3.8) is 0 Å². The van der Waals surface area contributed by atoms with Crippen molar-refractivity contribution in [2.24, 2.45) is 11.3 Å². The van der Waals surface area contributed by atoms with Crippen molar-refractivity contribution in [2.75, 3.05) is 0 Å². The summed E-state index contributed by atoms with van der Waals surface area (Å²) in [6.07, 6.45) is 26.9. The molecule has 0 aromatic carbocycles. The summed E-state index contributed by atoms with van der Waals surface area (Å²) in [5.41, 5.74) is 0.184. The van der Waals surface area contributed by atoms with Crippen molar-refractivity contribution in [1.29, 1.82) is 0 Å². The lowest BCUT2D eigenvalue weighted by molar-refractivity contribution is -0.179. The maximum Gasteiger partial charge on any atom is 0.377 e. The lowest BCUT2D eigenvalue weighted by atomic mass is 9.75. The lowest BCUT2D eigenvalue weighted by Gasteiger charge is -2.31. The second-order valence-electron chi connectivity index (χ2n) is 14.1. The second-order valence-corrected chi connectivity index (χ2v) is 14.1. The number of esters is 1. The molecule has 0 aliphatic carbocycles.